The number of aromatic nitrogens is 1. The molecule has 24 heavy (non-hydrogen) atoms. The topological polar surface area (TPSA) is 61.2 Å². The predicted octanol–water partition coefficient (Wildman–Crippen LogP) is 2.50. The second-order valence-electron chi connectivity index (χ2n) is 5.61. The Kier molecular flexibility index (Phi) is 5.36. The third-order valence-electron chi connectivity index (χ3n) is 4.02. The van der Waals surface area contributed by atoms with Gasteiger partial charge in [0.05, 0.1) is 25.1 Å². The number of ether oxygens (including phenoxy) is 1. The summed E-state index contributed by atoms with van der Waals surface area (Å²) in [6, 6.07) is 10.0. The summed E-state index contributed by atoms with van der Waals surface area (Å²) in [5, 5.41) is 12.5. The fourth-order valence-electron chi connectivity index (χ4n) is 2.70. The molecule has 1 aliphatic rings. The molecule has 1 saturated heterocycles. The van der Waals surface area contributed by atoms with Crippen molar-refractivity contribution in [3.05, 3.63) is 48.0 Å². The Morgan fingerprint density at radius 1 is 1.25 bits per heavy atom. The maximum Gasteiger partial charge on any atom is 0.141 e. The molecule has 1 aromatic heterocycles. The van der Waals surface area contributed by atoms with E-state index in [4.69, 9.17) is 10.00 Å². The second kappa shape index (κ2) is 7.86. The summed E-state index contributed by atoms with van der Waals surface area (Å²) in [4.78, 5) is 6.47. The lowest BCUT2D eigenvalue weighted by Gasteiger charge is -2.26. The van der Waals surface area contributed by atoms with Gasteiger partial charge in [-0.15, -0.1) is 0 Å². The SMILES string of the molecule is N#Cc1cc(-c2ccc(F)cc2)c(NCCN2CCOCC2)cn1. The van der Waals surface area contributed by atoms with Crippen molar-refractivity contribution in [1.29, 1.82) is 5.26 Å². The Hall–Kier alpha value is -2.49. The molecule has 1 aliphatic heterocycles. The second-order valence-corrected chi connectivity index (χ2v) is 5.61. The Morgan fingerprint density at radius 3 is 2.71 bits per heavy atom. The van der Waals surface area contributed by atoms with Crippen LogP contribution in [0.25, 0.3) is 11.1 Å². The van der Waals surface area contributed by atoms with Gasteiger partial charge in [-0.1, -0.05) is 12.1 Å². The number of pyridine rings is 1. The van der Waals surface area contributed by atoms with Crippen LogP contribution >= 0.6 is 0 Å². The van der Waals surface area contributed by atoms with Crippen LogP contribution < -0.4 is 5.32 Å². The lowest BCUT2D eigenvalue weighted by atomic mass is 10.0. The van der Waals surface area contributed by atoms with Gasteiger partial charge in [0.1, 0.15) is 17.6 Å². The molecule has 0 amide bonds. The average molecular weight is 326 g/mol. The van der Waals surface area contributed by atoms with Crippen molar-refractivity contribution >= 4 is 5.69 Å². The molecule has 0 bridgehead atoms. The number of benzene rings is 1. The minimum Gasteiger partial charge on any atom is -0.382 e. The van der Waals surface area contributed by atoms with E-state index in [9.17, 15) is 4.39 Å². The van der Waals surface area contributed by atoms with Crippen LogP contribution in [-0.4, -0.2) is 49.3 Å². The Morgan fingerprint density at radius 2 is 2.00 bits per heavy atom. The van der Waals surface area contributed by atoms with Crippen LogP contribution in [0.2, 0.25) is 0 Å². The van der Waals surface area contributed by atoms with Crippen LogP contribution in [0.1, 0.15) is 5.69 Å². The van der Waals surface area contributed by atoms with Gasteiger partial charge >= 0.3 is 0 Å². The summed E-state index contributed by atoms with van der Waals surface area (Å²) in [6.07, 6.45) is 1.66. The Balaban J connectivity index is 1.74. The van der Waals surface area contributed by atoms with Gasteiger partial charge in [0.25, 0.3) is 0 Å². The smallest absolute Gasteiger partial charge is 0.141 e. The van der Waals surface area contributed by atoms with Gasteiger partial charge in [0, 0.05) is 31.7 Å². The normalized spacial score (nSPS) is 15.0. The molecule has 6 heteroatoms. The van der Waals surface area contributed by atoms with Crippen molar-refractivity contribution in [2.45, 2.75) is 0 Å². The minimum absolute atomic E-state index is 0.282. The molecule has 0 saturated carbocycles. The number of halogens is 1. The summed E-state index contributed by atoms with van der Waals surface area (Å²) < 4.78 is 18.5. The fraction of sp³-hybridized carbons (Fsp3) is 0.333. The highest BCUT2D eigenvalue weighted by atomic mass is 19.1. The highest BCUT2D eigenvalue weighted by molar-refractivity contribution is 5.78. The lowest BCUT2D eigenvalue weighted by Crippen LogP contribution is -2.39. The van der Waals surface area contributed by atoms with Crippen molar-refractivity contribution in [2.24, 2.45) is 0 Å². The molecule has 1 fully saturated rings. The molecule has 0 spiro atoms. The van der Waals surface area contributed by atoms with E-state index in [0.29, 0.717) is 5.69 Å². The highest BCUT2D eigenvalue weighted by Gasteiger charge is 2.11. The molecule has 124 valence electrons. The number of hydrogen-bond acceptors (Lipinski definition) is 5. The van der Waals surface area contributed by atoms with Crippen LogP contribution in [0.15, 0.2) is 36.5 Å². The molecule has 0 aliphatic carbocycles. The van der Waals surface area contributed by atoms with Crippen molar-refractivity contribution in [3.8, 4) is 17.2 Å². The molecular formula is C18H19FN4O. The van der Waals surface area contributed by atoms with Crippen molar-refractivity contribution in [2.75, 3.05) is 44.7 Å². The van der Waals surface area contributed by atoms with Crippen LogP contribution in [-0.2, 0) is 4.74 Å². The van der Waals surface area contributed by atoms with E-state index in [1.807, 2.05) is 6.07 Å². The van der Waals surface area contributed by atoms with Gasteiger partial charge < -0.3 is 10.1 Å². The third kappa shape index (κ3) is 4.07. The zero-order valence-electron chi connectivity index (χ0n) is 13.3. The largest absolute Gasteiger partial charge is 0.382 e. The van der Waals surface area contributed by atoms with Crippen LogP contribution in [0.4, 0.5) is 10.1 Å². The van der Waals surface area contributed by atoms with Gasteiger partial charge in [-0.3, -0.25) is 4.90 Å². The molecule has 3 rings (SSSR count). The maximum atomic E-state index is 13.2. The Bertz CT molecular complexity index is 721. The molecule has 2 heterocycles. The van der Waals surface area contributed by atoms with Crippen molar-refractivity contribution in [3.63, 3.8) is 0 Å². The fourth-order valence-corrected chi connectivity index (χ4v) is 2.70. The average Bonchev–Trinajstić information content (AvgIpc) is 2.63. The quantitative estimate of drug-likeness (QED) is 0.915. The van der Waals surface area contributed by atoms with E-state index in [2.05, 4.69) is 15.2 Å². The van der Waals surface area contributed by atoms with E-state index in [1.165, 1.54) is 12.1 Å². The van der Waals surface area contributed by atoms with Gasteiger partial charge in [0.2, 0.25) is 0 Å². The lowest BCUT2D eigenvalue weighted by molar-refractivity contribution is 0.0398. The zero-order valence-corrected chi connectivity index (χ0v) is 13.3. The Labute approximate surface area is 140 Å². The first-order chi connectivity index (χ1) is 11.8. The van der Waals surface area contributed by atoms with E-state index < -0.39 is 0 Å². The van der Waals surface area contributed by atoms with Gasteiger partial charge in [-0.2, -0.15) is 5.26 Å². The first-order valence-corrected chi connectivity index (χ1v) is 7.96. The predicted molar refractivity (Wildman–Crippen MR) is 90.1 cm³/mol. The monoisotopic (exact) mass is 326 g/mol. The summed E-state index contributed by atoms with van der Waals surface area (Å²) >= 11 is 0. The van der Waals surface area contributed by atoms with Crippen molar-refractivity contribution in [1.82, 2.24) is 9.88 Å². The van der Waals surface area contributed by atoms with Crippen molar-refractivity contribution < 1.29 is 9.13 Å². The molecule has 2 aromatic rings. The van der Waals surface area contributed by atoms with E-state index in [1.54, 1.807) is 24.4 Å². The number of nitriles is 1. The number of nitrogens with one attached hydrogen (secondary N) is 1. The summed E-state index contributed by atoms with van der Waals surface area (Å²) in [5.74, 6) is -0.282. The molecule has 1 aromatic carbocycles. The van der Waals surface area contributed by atoms with E-state index in [0.717, 1.165) is 56.2 Å². The molecule has 0 radical (unpaired) electrons. The van der Waals surface area contributed by atoms with Crippen LogP contribution in [0, 0.1) is 17.1 Å². The van der Waals surface area contributed by atoms with Crippen LogP contribution in [0.3, 0.4) is 0 Å². The first-order valence-electron chi connectivity index (χ1n) is 7.96. The van der Waals surface area contributed by atoms with Gasteiger partial charge in [0.15, 0.2) is 0 Å². The summed E-state index contributed by atoms with van der Waals surface area (Å²) in [5.41, 5.74) is 2.88. The number of anilines is 1. The van der Waals surface area contributed by atoms with E-state index in [-0.39, 0.29) is 5.82 Å². The summed E-state index contributed by atoms with van der Waals surface area (Å²) in [7, 11) is 0. The number of nitrogens with zero attached hydrogens (tertiary/aromatic N) is 3. The molecule has 5 nitrogen and oxygen atoms in total. The minimum atomic E-state index is -0.282. The first kappa shape index (κ1) is 16.4. The van der Waals surface area contributed by atoms with E-state index >= 15 is 0 Å². The molecule has 1 N–H and O–H groups in total. The zero-order chi connectivity index (χ0) is 16.8. The van der Waals surface area contributed by atoms with Gasteiger partial charge in [-0.05, 0) is 23.8 Å². The third-order valence-corrected chi connectivity index (χ3v) is 4.02. The number of morpholine rings is 1. The van der Waals surface area contributed by atoms with Gasteiger partial charge in [-0.25, -0.2) is 9.37 Å². The molecule has 0 atom stereocenters. The standard InChI is InChI=1S/C18H19FN4O/c19-15-3-1-14(2-4-15)17-11-16(12-20)22-13-18(17)21-5-6-23-7-9-24-10-8-23/h1-4,11,13,21H,5-10H2. The number of rotatable bonds is 5. The molecular weight excluding hydrogens is 307 g/mol. The highest BCUT2D eigenvalue weighted by Crippen LogP contribution is 2.28. The maximum absolute atomic E-state index is 13.2. The number of hydrogen-bond donors (Lipinski definition) is 1. The van der Waals surface area contributed by atoms with Crippen LogP contribution in [0.5, 0.6) is 0 Å². The molecule has 0 unspecified atom stereocenters. The summed E-state index contributed by atoms with van der Waals surface area (Å²) in [6.45, 7) is 5.11.